The summed E-state index contributed by atoms with van der Waals surface area (Å²) >= 11 is -1.87. The molecule has 7 nitrogen and oxygen atoms in total. The third kappa shape index (κ3) is 4.06. The molecule has 4 heterocycles. The molecule has 36 heavy (non-hydrogen) atoms. The molecule has 0 saturated carbocycles. The fourth-order valence-electron chi connectivity index (χ4n) is 5.27. The van der Waals surface area contributed by atoms with Crippen LogP contribution in [0.25, 0.3) is 22.3 Å². The Hall–Kier alpha value is -2.65. The van der Waals surface area contributed by atoms with Gasteiger partial charge in [0.15, 0.2) is 0 Å². The third-order valence-corrected chi connectivity index (χ3v) is 10.9. The maximum atomic E-state index is 13.6. The first-order valence-electron chi connectivity index (χ1n) is 12.7. The van der Waals surface area contributed by atoms with E-state index in [9.17, 15) is 14.7 Å². The fourth-order valence-corrected chi connectivity index (χ4v) is 7.37. The van der Waals surface area contributed by atoms with Gasteiger partial charge in [-0.15, -0.1) is 0 Å². The van der Waals surface area contributed by atoms with E-state index in [0.29, 0.717) is 23.4 Å². The molecule has 2 aromatic heterocycles. The first-order valence-corrected chi connectivity index (χ1v) is 20.5. The number of esters is 1. The van der Waals surface area contributed by atoms with E-state index in [-0.39, 0.29) is 24.7 Å². The van der Waals surface area contributed by atoms with Crippen LogP contribution in [0, 0.1) is 0 Å². The van der Waals surface area contributed by atoms with E-state index >= 15 is 0 Å². The Kier molecular flexibility index (Phi) is 6.07. The third-order valence-electron chi connectivity index (χ3n) is 7.27. The van der Waals surface area contributed by atoms with E-state index in [1.807, 2.05) is 26.0 Å². The number of carbonyl (C=O) groups excluding carboxylic acids is 1. The maximum absolute atomic E-state index is 13.6. The monoisotopic (exact) mass is 552 g/mol. The van der Waals surface area contributed by atoms with Gasteiger partial charge in [0.05, 0.1) is 0 Å². The predicted molar refractivity (Wildman–Crippen MR) is 142 cm³/mol. The van der Waals surface area contributed by atoms with Crippen LogP contribution in [0.1, 0.15) is 49.4 Å². The Bertz CT molecular complexity index is 1450. The second kappa shape index (κ2) is 8.73. The summed E-state index contributed by atoms with van der Waals surface area (Å²) in [6.45, 7) is 6.03. The zero-order valence-corrected chi connectivity index (χ0v) is 24.0. The second-order valence-electron chi connectivity index (χ2n) is 11.4. The van der Waals surface area contributed by atoms with Gasteiger partial charge in [-0.3, -0.25) is 0 Å². The van der Waals surface area contributed by atoms with Crippen LogP contribution in [0.5, 0.6) is 5.75 Å². The number of aryl methyl sites for hydroxylation is 1. The number of nitrogens with zero attached hydrogens (tertiary/aromatic N) is 2. The minimum atomic E-state index is -1.87. The van der Waals surface area contributed by atoms with Crippen LogP contribution in [0.3, 0.4) is 0 Å². The molecular weight excluding hydrogens is 517 g/mol. The molecule has 0 amide bonds. The van der Waals surface area contributed by atoms with Crippen molar-refractivity contribution < 1.29 is 19.4 Å². The zero-order valence-electron chi connectivity index (χ0n) is 21.9. The zero-order chi connectivity index (χ0) is 26.0. The van der Waals surface area contributed by atoms with Crippen molar-refractivity contribution in [3.63, 3.8) is 0 Å². The molecular formula is C28H34GeN2O5. The van der Waals surface area contributed by atoms with Crippen molar-refractivity contribution in [1.82, 2.24) is 9.55 Å². The number of fused-ring (bicyclic) bond motifs is 5. The summed E-state index contributed by atoms with van der Waals surface area (Å²) in [6.07, 6.45) is 1.11. The fraction of sp³-hybridized carbons (Fsp3) is 0.464. The normalized spacial score (nSPS) is 18.7. The van der Waals surface area contributed by atoms with Gasteiger partial charge in [-0.05, 0) is 0 Å². The molecule has 2 aliphatic rings. The SMILES string of the molecule is CC[C@@]1(O)C(=O)OCc2c1cc1n(c2=O)Cc2c-1nc1ccc(OC(C)C)cc1c2C[CH2][Ge]([CH3])([CH3])[CH3]. The van der Waals surface area contributed by atoms with Gasteiger partial charge in [0.2, 0.25) is 0 Å². The average molecular weight is 551 g/mol. The van der Waals surface area contributed by atoms with Crippen molar-refractivity contribution in [3.05, 3.63) is 56.9 Å². The van der Waals surface area contributed by atoms with E-state index < -0.39 is 24.8 Å². The Morgan fingerprint density at radius 1 is 1.19 bits per heavy atom. The van der Waals surface area contributed by atoms with E-state index in [1.54, 1.807) is 17.6 Å². The molecule has 1 atom stereocenters. The standard InChI is InChI=1S/C28H34GeN2O5/c1-7-28(34)22-13-24-25-20(14-31(24)26(32)21(22)15-35-27(28)33)18(10-11-29(4,5)6)19-12-17(36-16(2)3)8-9-23(19)30-25/h8-9,12-13,16,34H,7,10-11,14-15H2,1-6H3/t28-/m0/s1. The molecule has 0 aliphatic carbocycles. The summed E-state index contributed by atoms with van der Waals surface area (Å²) in [5.74, 6) is 7.33. The summed E-state index contributed by atoms with van der Waals surface area (Å²) in [7, 11) is 0. The quantitative estimate of drug-likeness (QED) is 0.275. The van der Waals surface area contributed by atoms with E-state index in [2.05, 4.69) is 23.3 Å². The number of benzene rings is 1. The van der Waals surface area contributed by atoms with E-state index in [1.165, 1.54) is 5.56 Å². The van der Waals surface area contributed by atoms with Crippen molar-refractivity contribution in [3.8, 4) is 17.1 Å². The molecule has 0 spiro atoms. The number of rotatable bonds is 6. The number of carbonyl (C=O) groups is 1. The van der Waals surface area contributed by atoms with Crippen LogP contribution in [0.15, 0.2) is 29.1 Å². The number of cyclic esters (lactones) is 1. The molecule has 0 saturated heterocycles. The van der Waals surface area contributed by atoms with Gasteiger partial charge in [0.1, 0.15) is 0 Å². The van der Waals surface area contributed by atoms with Crippen molar-refractivity contribution in [1.29, 1.82) is 0 Å². The molecule has 2 aliphatic heterocycles. The molecule has 1 N–H and O–H groups in total. The van der Waals surface area contributed by atoms with Crippen LogP contribution in [0.4, 0.5) is 0 Å². The van der Waals surface area contributed by atoms with Crippen molar-refractivity contribution in [2.24, 2.45) is 0 Å². The van der Waals surface area contributed by atoms with Crippen LogP contribution >= 0.6 is 0 Å². The number of aromatic nitrogens is 2. The molecule has 0 radical (unpaired) electrons. The van der Waals surface area contributed by atoms with Crippen molar-refractivity contribution in [2.75, 3.05) is 0 Å². The number of pyridine rings is 2. The Morgan fingerprint density at radius 3 is 2.61 bits per heavy atom. The van der Waals surface area contributed by atoms with Gasteiger partial charge < -0.3 is 0 Å². The number of hydrogen-bond acceptors (Lipinski definition) is 6. The summed E-state index contributed by atoms with van der Waals surface area (Å²) in [5, 5.41) is 13.4. The Morgan fingerprint density at radius 2 is 1.94 bits per heavy atom. The number of aliphatic hydroxyl groups is 1. The van der Waals surface area contributed by atoms with Crippen molar-refractivity contribution >= 4 is 30.1 Å². The Balaban J connectivity index is 1.75. The van der Waals surface area contributed by atoms with Gasteiger partial charge in [0.25, 0.3) is 0 Å². The summed E-state index contributed by atoms with van der Waals surface area (Å²) < 4.78 is 12.9. The molecule has 0 fully saturated rings. The van der Waals surface area contributed by atoms with Gasteiger partial charge in [-0.25, -0.2) is 0 Å². The van der Waals surface area contributed by atoms with Crippen molar-refractivity contribution in [2.45, 2.75) is 81.0 Å². The summed E-state index contributed by atoms with van der Waals surface area (Å²) in [6, 6.07) is 7.78. The molecule has 0 unspecified atom stereocenters. The Labute approximate surface area is 213 Å². The van der Waals surface area contributed by atoms with Gasteiger partial charge in [0, 0.05) is 0 Å². The first-order chi connectivity index (χ1) is 16.9. The van der Waals surface area contributed by atoms with Gasteiger partial charge in [-0.2, -0.15) is 0 Å². The van der Waals surface area contributed by atoms with E-state index in [0.717, 1.165) is 39.6 Å². The van der Waals surface area contributed by atoms with Crippen LogP contribution in [-0.2, 0) is 34.7 Å². The molecule has 8 heteroatoms. The molecule has 190 valence electrons. The van der Waals surface area contributed by atoms with Crippen LogP contribution in [0.2, 0.25) is 22.5 Å². The molecule has 5 rings (SSSR count). The van der Waals surface area contributed by atoms with Gasteiger partial charge >= 0.3 is 214 Å². The minimum absolute atomic E-state index is 0.0641. The number of ether oxygens (including phenoxy) is 2. The van der Waals surface area contributed by atoms with Crippen LogP contribution in [-0.4, -0.2) is 40.0 Å². The van der Waals surface area contributed by atoms with Crippen LogP contribution < -0.4 is 10.3 Å². The molecule has 1 aromatic carbocycles. The van der Waals surface area contributed by atoms with Gasteiger partial charge in [-0.1, -0.05) is 0 Å². The summed E-state index contributed by atoms with van der Waals surface area (Å²) in [4.78, 5) is 31.1. The first kappa shape index (κ1) is 25.0. The topological polar surface area (TPSA) is 90.7 Å². The summed E-state index contributed by atoms with van der Waals surface area (Å²) in [5.41, 5.74) is 3.15. The molecule has 0 bridgehead atoms. The molecule has 3 aromatic rings. The average Bonchev–Trinajstić information content (AvgIpc) is 3.17. The predicted octanol–water partition coefficient (Wildman–Crippen LogP) is 4.75. The second-order valence-corrected chi connectivity index (χ2v) is 23.2. The van der Waals surface area contributed by atoms with E-state index in [4.69, 9.17) is 14.5 Å². The number of hydrogen-bond donors (Lipinski definition) is 1.